The highest BCUT2D eigenvalue weighted by Gasteiger charge is 2.34. The van der Waals surface area contributed by atoms with Crippen molar-refractivity contribution in [2.45, 2.75) is 11.5 Å². The maximum atomic E-state index is 12.5. The monoisotopic (exact) mass is 293 g/mol. The first-order chi connectivity index (χ1) is 7.43. The van der Waals surface area contributed by atoms with Gasteiger partial charge in [-0.25, -0.2) is 4.52 Å². The SMILES string of the molecule is Nc1ccc(CBr)c2cc(C(F)(F)F)nn12. The van der Waals surface area contributed by atoms with Crippen molar-refractivity contribution < 1.29 is 13.2 Å². The quantitative estimate of drug-likeness (QED) is 0.822. The second-order valence-corrected chi connectivity index (χ2v) is 3.80. The van der Waals surface area contributed by atoms with Gasteiger partial charge in [0.1, 0.15) is 5.82 Å². The first kappa shape index (κ1) is 11.3. The average Bonchev–Trinajstić information content (AvgIpc) is 2.63. The van der Waals surface area contributed by atoms with Crippen LogP contribution >= 0.6 is 15.9 Å². The van der Waals surface area contributed by atoms with Gasteiger partial charge in [0.2, 0.25) is 0 Å². The number of hydrogen-bond donors (Lipinski definition) is 1. The van der Waals surface area contributed by atoms with Gasteiger partial charge in [0.25, 0.3) is 0 Å². The van der Waals surface area contributed by atoms with Crippen molar-refractivity contribution in [2.24, 2.45) is 0 Å². The molecule has 0 saturated heterocycles. The summed E-state index contributed by atoms with van der Waals surface area (Å²) < 4.78 is 38.5. The fraction of sp³-hybridized carbons (Fsp3) is 0.222. The van der Waals surface area contributed by atoms with Crippen LogP contribution in [0.4, 0.5) is 19.0 Å². The molecule has 2 N–H and O–H groups in total. The number of aromatic nitrogens is 2. The zero-order chi connectivity index (χ0) is 11.9. The third kappa shape index (κ3) is 1.75. The van der Waals surface area contributed by atoms with E-state index in [-0.39, 0.29) is 5.82 Å². The lowest BCUT2D eigenvalue weighted by Gasteiger charge is -2.02. The second kappa shape index (κ2) is 3.65. The number of pyridine rings is 1. The molecule has 86 valence electrons. The number of hydrogen-bond acceptors (Lipinski definition) is 2. The summed E-state index contributed by atoms with van der Waals surface area (Å²) >= 11 is 3.20. The maximum absolute atomic E-state index is 12.5. The largest absolute Gasteiger partial charge is 0.435 e. The zero-order valence-electron chi connectivity index (χ0n) is 7.92. The Morgan fingerprint density at radius 1 is 1.38 bits per heavy atom. The molecule has 0 aliphatic rings. The van der Waals surface area contributed by atoms with E-state index in [1.165, 1.54) is 6.07 Å². The molecule has 7 heteroatoms. The number of nitrogens with two attached hydrogens (primary N) is 1. The predicted octanol–water partition coefficient (Wildman–Crippen LogP) is 2.83. The molecule has 0 fully saturated rings. The molecule has 3 nitrogen and oxygen atoms in total. The van der Waals surface area contributed by atoms with E-state index in [0.29, 0.717) is 16.4 Å². The predicted molar refractivity (Wildman–Crippen MR) is 57.2 cm³/mol. The summed E-state index contributed by atoms with van der Waals surface area (Å²) in [5.41, 5.74) is 5.69. The van der Waals surface area contributed by atoms with Gasteiger partial charge in [-0.15, -0.1) is 0 Å². The summed E-state index contributed by atoms with van der Waals surface area (Å²) in [5, 5.41) is 3.88. The van der Waals surface area contributed by atoms with E-state index in [2.05, 4.69) is 21.0 Å². The molecule has 0 aromatic carbocycles. The summed E-state index contributed by atoms with van der Waals surface area (Å²) in [6.45, 7) is 0. The van der Waals surface area contributed by atoms with Crippen LogP contribution < -0.4 is 5.73 Å². The molecule has 0 radical (unpaired) electrons. The van der Waals surface area contributed by atoms with Crippen LogP contribution in [0.5, 0.6) is 0 Å². The molecule has 16 heavy (non-hydrogen) atoms. The highest BCUT2D eigenvalue weighted by atomic mass is 79.9. The Balaban J connectivity index is 2.73. The first-order valence-electron chi connectivity index (χ1n) is 4.34. The smallest absolute Gasteiger partial charge is 0.384 e. The number of fused-ring (bicyclic) bond motifs is 1. The molecule has 0 unspecified atom stereocenters. The molecule has 0 aliphatic heterocycles. The van der Waals surface area contributed by atoms with Crippen LogP contribution in [-0.2, 0) is 11.5 Å². The van der Waals surface area contributed by atoms with Gasteiger partial charge in [0, 0.05) is 5.33 Å². The van der Waals surface area contributed by atoms with Crippen molar-refractivity contribution >= 4 is 27.3 Å². The standard InChI is InChI=1S/C9H7BrF3N3/c10-4-5-1-2-8(14)16-6(5)3-7(15-16)9(11,12)13/h1-3H,4,14H2. The van der Waals surface area contributed by atoms with Gasteiger partial charge in [-0.2, -0.15) is 18.3 Å². The Hall–Kier alpha value is -1.24. The Morgan fingerprint density at radius 3 is 2.62 bits per heavy atom. The third-order valence-corrected chi connectivity index (χ3v) is 2.78. The molecule has 0 aliphatic carbocycles. The van der Waals surface area contributed by atoms with Crippen LogP contribution in [0.3, 0.4) is 0 Å². The minimum Gasteiger partial charge on any atom is -0.384 e. The van der Waals surface area contributed by atoms with Crippen LogP contribution in [0.2, 0.25) is 0 Å². The Morgan fingerprint density at radius 2 is 2.06 bits per heavy atom. The maximum Gasteiger partial charge on any atom is 0.435 e. The summed E-state index contributed by atoms with van der Waals surface area (Å²) in [5.74, 6) is 0.176. The van der Waals surface area contributed by atoms with Crippen molar-refractivity contribution in [1.82, 2.24) is 9.61 Å². The number of nitrogens with zero attached hydrogens (tertiary/aromatic N) is 2. The van der Waals surface area contributed by atoms with Crippen molar-refractivity contribution in [2.75, 3.05) is 5.73 Å². The average molecular weight is 294 g/mol. The van der Waals surface area contributed by atoms with Gasteiger partial charge >= 0.3 is 6.18 Å². The number of rotatable bonds is 1. The summed E-state index contributed by atoms with van der Waals surface area (Å²) in [6, 6.07) is 4.19. The minimum absolute atomic E-state index is 0.176. The van der Waals surface area contributed by atoms with Crippen LogP contribution in [0.25, 0.3) is 5.52 Å². The van der Waals surface area contributed by atoms with Crippen LogP contribution in [0.15, 0.2) is 18.2 Å². The van der Waals surface area contributed by atoms with Crippen LogP contribution in [0.1, 0.15) is 11.3 Å². The molecular weight excluding hydrogens is 287 g/mol. The molecule has 2 aromatic rings. The van der Waals surface area contributed by atoms with Crippen LogP contribution in [-0.4, -0.2) is 9.61 Å². The van der Waals surface area contributed by atoms with E-state index < -0.39 is 11.9 Å². The molecule has 2 rings (SSSR count). The Bertz CT molecular complexity index is 533. The minimum atomic E-state index is -4.46. The lowest BCUT2D eigenvalue weighted by atomic mass is 10.2. The second-order valence-electron chi connectivity index (χ2n) is 3.24. The third-order valence-electron chi connectivity index (χ3n) is 2.17. The molecule has 0 bridgehead atoms. The van der Waals surface area contributed by atoms with Crippen molar-refractivity contribution in [3.8, 4) is 0 Å². The molecule has 2 heterocycles. The number of alkyl halides is 4. The summed E-state index contributed by atoms with van der Waals surface area (Å²) in [6.07, 6.45) is -4.46. The van der Waals surface area contributed by atoms with Gasteiger partial charge in [0.05, 0.1) is 5.52 Å². The fourth-order valence-corrected chi connectivity index (χ4v) is 1.87. The molecule has 0 saturated carbocycles. The number of nitrogen functional groups attached to an aromatic ring is 1. The van der Waals surface area contributed by atoms with Gasteiger partial charge in [-0.1, -0.05) is 22.0 Å². The number of halogens is 4. The molecule has 0 atom stereocenters. The lowest BCUT2D eigenvalue weighted by Crippen LogP contribution is -2.06. The van der Waals surface area contributed by atoms with Crippen molar-refractivity contribution in [3.63, 3.8) is 0 Å². The van der Waals surface area contributed by atoms with Crippen molar-refractivity contribution in [1.29, 1.82) is 0 Å². The van der Waals surface area contributed by atoms with Gasteiger partial charge in [-0.3, -0.25) is 0 Å². The van der Waals surface area contributed by atoms with E-state index in [4.69, 9.17) is 5.73 Å². The first-order valence-corrected chi connectivity index (χ1v) is 5.46. The highest BCUT2D eigenvalue weighted by Crippen LogP contribution is 2.30. The normalized spacial score (nSPS) is 12.2. The van der Waals surface area contributed by atoms with E-state index in [1.54, 1.807) is 6.07 Å². The van der Waals surface area contributed by atoms with E-state index in [0.717, 1.165) is 10.6 Å². The van der Waals surface area contributed by atoms with Crippen molar-refractivity contribution in [3.05, 3.63) is 29.5 Å². The zero-order valence-corrected chi connectivity index (χ0v) is 9.51. The number of anilines is 1. The Kier molecular flexibility index (Phi) is 2.57. The molecular formula is C9H7BrF3N3. The van der Waals surface area contributed by atoms with Gasteiger partial charge < -0.3 is 5.73 Å². The summed E-state index contributed by atoms with van der Waals surface area (Å²) in [7, 11) is 0. The molecule has 2 aromatic heterocycles. The van der Waals surface area contributed by atoms with Crippen LogP contribution in [0, 0.1) is 0 Å². The van der Waals surface area contributed by atoms with E-state index in [9.17, 15) is 13.2 Å². The summed E-state index contributed by atoms with van der Waals surface area (Å²) in [4.78, 5) is 0. The Labute approximate surface area is 97.2 Å². The molecule has 0 amide bonds. The highest BCUT2D eigenvalue weighted by molar-refractivity contribution is 9.08. The molecule has 0 spiro atoms. The van der Waals surface area contributed by atoms with E-state index in [1.807, 2.05) is 0 Å². The van der Waals surface area contributed by atoms with Gasteiger partial charge in [-0.05, 0) is 17.7 Å². The van der Waals surface area contributed by atoms with E-state index >= 15 is 0 Å². The lowest BCUT2D eigenvalue weighted by molar-refractivity contribution is -0.141. The van der Waals surface area contributed by atoms with Gasteiger partial charge in [0.15, 0.2) is 5.69 Å². The topological polar surface area (TPSA) is 43.3 Å². The fourth-order valence-electron chi connectivity index (χ4n) is 1.40.